The van der Waals surface area contributed by atoms with E-state index >= 15 is 0 Å². The third-order valence-electron chi connectivity index (χ3n) is 6.32. The van der Waals surface area contributed by atoms with Gasteiger partial charge in [-0.3, -0.25) is 14.4 Å². The Morgan fingerprint density at radius 1 is 1.06 bits per heavy atom. The summed E-state index contributed by atoms with van der Waals surface area (Å²) in [5.41, 5.74) is 3.62. The van der Waals surface area contributed by atoms with E-state index in [1.54, 1.807) is 16.7 Å². The predicted molar refractivity (Wildman–Crippen MR) is 123 cm³/mol. The van der Waals surface area contributed by atoms with E-state index in [2.05, 4.69) is 5.32 Å². The number of amides is 3. The molecule has 1 N–H and O–H groups in total. The second kappa shape index (κ2) is 8.04. The molecule has 0 bridgehead atoms. The maximum atomic E-state index is 12.7. The van der Waals surface area contributed by atoms with Crippen LogP contribution in [0, 0.1) is 11.8 Å². The van der Waals surface area contributed by atoms with Crippen molar-refractivity contribution in [2.45, 2.75) is 30.6 Å². The average molecular weight is 436 g/mol. The molecule has 3 aliphatic rings. The van der Waals surface area contributed by atoms with Crippen molar-refractivity contribution in [3.05, 3.63) is 48.0 Å². The van der Waals surface area contributed by atoms with Gasteiger partial charge < -0.3 is 15.1 Å². The van der Waals surface area contributed by atoms with Crippen LogP contribution in [0.15, 0.2) is 47.4 Å². The minimum absolute atomic E-state index is 0.0401. The fraction of sp³-hybridized carbons (Fsp3) is 0.375. The number of hydrogen-bond acceptors (Lipinski definition) is 4. The Kier molecular flexibility index (Phi) is 5.22. The van der Waals surface area contributed by atoms with Crippen LogP contribution in [-0.2, 0) is 20.8 Å². The summed E-state index contributed by atoms with van der Waals surface area (Å²) in [4.78, 5) is 42.6. The summed E-state index contributed by atoms with van der Waals surface area (Å²) in [5, 5.41) is 2.93. The molecule has 2 aromatic rings. The molecule has 2 aliphatic heterocycles. The Bertz CT molecular complexity index is 1050. The van der Waals surface area contributed by atoms with Gasteiger partial charge >= 0.3 is 0 Å². The molecule has 2 aromatic carbocycles. The highest BCUT2D eigenvalue weighted by molar-refractivity contribution is 7.98. The number of carbonyl (C=O) groups excluding carboxylic acids is 3. The highest BCUT2D eigenvalue weighted by Gasteiger charge is 2.38. The number of nitrogens with one attached hydrogen (secondary N) is 1. The van der Waals surface area contributed by atoms with E-state index in [1.807, 2.05) is 53.6 Å². The van der Waals surface area contributed by atoms with E-state index in [0.717, 1.165) is 46.8 Å². The van der Waals surface area contributed by atoms with Gasteiger partial charge in [0.15, 0.2) is 0 Å². The summed E-state index contributed by atoms with van der Waals surface area (Å²) in [7, 11) is 0. The van der Waals surface area contributed by atoms with Gasteiger partial charge in [-0.25, -0.2) is 0 Å². The molecule has 1 saturated carbocycles. The van der Waals surface area contributed by atoms with Crippen LogP contribution in [-0.4, -0.2) is 37.1 Å². The second-order valence-electron chi connectivity index (χ2n) is 8.45. The third-order valence-corrected chi connectivity index (χ3v) is 7.06. The van der Waals surface area contributed by atoms with Crippen LogP contribution in [0.3, 0.4) is 0 Å². The van der Waals surface area contributed by atoms with Crippen molar-refractivity contribution in [1.29, 1.82) is 0 Å². The molecule has 2 fully saturated rings. The van der Waals surface area contributed by atoms with Gasteiger partial charge in [-0.1, -0.05) is 0 Å². The SMILES string of the molecule is CSc1ccc(NC(=O)[C@H]2CC(=O)N(c3ccc4c(c3)CCN4C(=O)C3CC3)C2)cc1. The minimum atomic E-state index is -0.381. The monoisotopic (exact) mass is 435 g/mol. The van der Waals surface area contributed by atoms with Crippen LogP contribution in [0.2, 0.25) is 0 Å². The first-order valence-corrected chi connectivity index (χ1v) is 12.0. The van der Waals surface area contributed by atoms with Crippen LogP contribution in [0.1, 0.15) is 24.8 Å². The van der Waals surface area contributed by atoms with Crippen LogP contribution in [0.25, 0.3) is 0 Å². The Balaban J connectivity index is 1.26. The number of carbonyl (C=O) groups is 3. The summed E-state index contributed by atoms with van der Waals surface area (Å²) in [5.74, 6) is -0.126. The van der Waals surface area contributed by atoms with Crippen LogP contribution < -0.4 is 15.1 Å². The maximum absolute atomic E-state index is 12.7. The van der Waals surface area contributed by atoms with Crippen LogP contribution >= 0.6 is 11.8 Å². The van der Waals surface area contributed by atoms with Crippen LogP contribution in [0.5, 0.6) is 0 Å². The van der Waals surface area contributed by atoms with E-state index in [0.29, 0.717) is 13.1 Å². The van der Waals surface area contributed by atoms with Gasteiger partial charge in [0.05, 0.1) is 5.92 Å². The van der Waals surface area contributed by atoms with E-state index in [9.17, 15) is 14.4 Å². The molecule has 1 saturated heterocycles. The molecule has 0 aromatic heterocycles. The number of nitrogens with zero attached hydrogens (tertiary/aromatic N) is 2. The standard InChI is InChI=1S/C24H25N3O3S/c1-31-20-7-4-18(5-8-20)25-23(29)17-13-22(28)27(14-17)19-6-9-21-16(12-19)10-11-26(21)24(30)15-2-3-15/h4-9,12,15,17H,2-3,10-11,13-14H2,1H3,(H,25,29)/t17-/m0/s1. The van der Waals surface area contributed by atoms with Gasteiger partial charge in [0.1, 0.15) is 0 Å². The number of anilines is 3. The molecule has 6 nitrogen and oxygen atoms in total. The van der Waals surface area contributed by atoms with Gasteiger partial charge in [0, 0.05) is 47.4 Å². The highest BCUT2D eigenvalue weighted by Crippen LogP contribution is 2.38. The molecule has 0 unspecified atom stereocenters. The molecule has 3 amide bonds. The van der Waals surface area contributed by atoms with E-state index in [-0.39, 0.29) is 36.0 Å². The lowest BCUT2D eigenvalue weighted by molar-refractivity contribution is -0.122. The highest BCUT2D eigenvalue weighted by atomic mass is 32.2. The Morgan fingerprint density at radius 3 is 2.55 bits per heavy atom. The zero-order valence-corrected chi connectivity index (χ0v) is 18.3. The van der Waals surface area contributed by atoms with Crippen molar-refractivity contribution in [1.82, 2.24) is 0 Å². The molecule has 5 rings (SSSR count). The largest absolute Gasteiger partial charge is 0.326 e. The van der Waals surface area contributed by atoms with Crippen LogP contribution in [0.4, 0.5) is 17.1 Å². The van der Waals surface area contributed by atoms with E-state index in [1.165, 1.54) is 0 Å². The quantitative estimate of drug-likeness (QED) is 0.727. The summed E-state index contributed by atoms with van der Waals surface area (Å²) < 4.78 is 0. The molecular formula is C24H25N3O3S. The van der Waals surface area contributed by atoms with Crippen molar-refractivity contribution < 1.29 is 14.4 Å². The number of benzene rings is 2. The molecule has 2 heterocycles. The van der Waals surface area contributed by atoms with E-state index < -0.39 is 0 Å². The smallest absolute Gasteiger partial charge is 0.230 e. The van der Waals surface area contributed by atoms with Crippen molar-refractivity contribution in [3.8, 4) is 0 Å². The molecule has 31 heavy (non-hydrogen) atoms. The van der Waals surface area contributed by atoms with Crippen molar-refractivity contribution >= 4 is 46.5 Å². The summed E-state index contributed by atoms with van der Waals surface area (Å²) >= 11 is 1.65. The van der Waals surface area contributed by atoms with Gasteiger partial charge in [0.25, 0.3) is 0 Å². The molecule has 0 radical (unpaired) electrons. The average Bonchev–Trinajstić information content (AvgIpc) is 3.44. The van der Waals surface area contributed by atoms with Crippen molar-refractivity contribution in [2.24, 2.45) is 11.8 Å². The first-order valence-electron chi connectivity index (χ1n) is 10.7. The fourth-order valence-electron chi connectivity index (χ4n) is 4.39. The molecule has 1 atom stereocenters. The zero-order chi connectivity index (χ0) is 21.5. The Labute approximate surface area is 186 Å². The molecule has 1 aliphatic carbocycles. The third kappa shape index (κ3) is 3.94. The van der Waals surface area contributed by atoms with Gasteiger partial charge in [0.2, 0.25) is 17.7 Å². The second-order valence-corrected chi connectivity index (χ2v) is 9.33. The molecule has 7 heteroatoms. The minimum Gasteiger partial charge on any atom is -0.326 e. The molecular weight excluding hydrogens is 410 g/mol. The first-order chi connectivity index (χ1) is 15.0. The Hall–Kier alpha value is -2.80. The topological polar surface area (TPSA) is 69.7 Å². The summed E-state index contributed by atoms with van der Waals surface area (Å²) in [6, 6.07) is 13.6. The molecule has 0 spiro atoms. The number of rotatable bonds is 5. The number of hydrogen-bond donors (Lipinski definition) is 1. The van der Waals surface area contributed by atoms with Gasteiger partial charge in [-0.2, -0.15) is 0 Å². The lowest BCUT2D eigenvalue weighted by Crippen LogP contribution is -2.30. The summed E-state index contributed by atoms with van der Waals surface area (Å²) in [6.07, 6.45) is 5.01. The predicted octanol–water partition coefficient (Wildman–Crippen LogP) is 3.70. The van der Waals surface area contributed by atoms with Gasteiger partial charge in [-0.05, 0) is 73.5 Å². The molecule has 160 valence electrons. The normalized spacial score (nSPS) is 20.2. The van der Waals surface area contributed by atoms with E-state index in [4.69, 9.17) is 0 Å². The first kappa shape index (κ1) is 20.1. The maximum Gasteiger partial charge on any atom is 0.230 e. The summed E-state index contributed by atoms with van der Waals surface area (Å²) in [6.45, 7) is 1.08. The van der Waals surface area contributed by atoms with Gasteiger partial charge in [-0.15, -0.1) is 11.8 Å². The number of thioether (sulfide) groups is 1. The number of fused-ring (bicyclic) bond motifs is 1. The van der Waals surface area contributed by atoms with Crippen molar-refractivity contribution in [3.63, 3.8) is 0 Å². The van der Waals surface area contributed by atoms with Crippen molar-refractivity contribution in [2.75, 3.05) is 34.5 Å². The fourth-order valence-corrected chi connectivity index (χ4v) is 4.80. The lowest BCUT2D eigenvalue weighted by atomic mass is 10.1. The zero-order valence-electron chi connectivity index (χ0n) is 17.5. The lowest BCUT2D eigenvalue weighted by Gasteiger charge is -2.20. The Morgan fingerprint density at radius 2 is 1.84 bits per heavy atom.